The van der Waals surface area contributed by atoms with Gasteiger partial charge in [0.15, 0.2) is 5.75 Å². The van der Waals surface area contributed by atoms with Crippen LogP contribution in [0.2, 0.25) is 5.02 Å². The van der Waals surface area contributed by atoms with Crippen molar-refractivity contribution in [2.45, 2.75) is 6.92 Å². The van der Waals surface area contributed by atoms with Crippen molar-refractivity contribution in [1.82, 2.24) is 4.98 Å². The maximum absolute atomic E-state index is 6.18. The molecule has 0 bridgehead atoms. The fourth-order valence-corrected chi connectivity index (χ4v) is 2.30. The third-order valence-corrected chi connectivity index (χ3v) is 3.37. The van der Waals surface area contributed by atoms with E-state index in [9.17, 15) is 0 Å². The highest BCUT2D eigenvalue weighted by Crippen LogP contribution is 2.32. The zero-order chi connectivity index (χ0) is 14.7. The third kappa shape index (κ3) is 2.93. The van der Waals surface area contributed by atoms with Crippen LogP contribution in [0.1, 0.15) is 6.92 Å². The lowest BCUT2D eigenvalue weighted by Gasteiger charge is -2.09. The molecule has 3 nitrogen and oxygen atoms in total. The van der Waals surface area contributed by atoms with E-state index in [-0.39, 0.29) is 0 Å². The molecule has 4 heteroatoms. The smallest absolute Gasteiger partial charge is 0.153 e. The van der Waals surface area contributed by atoms with Crippen molar-refractivity contribution >= 4 is 22.5 Å². The van der Waals surface area contributed by atoms with Crippen molar-refractivity contribution in [2.24, 2.45) is 0 Å². The molecule has 0 saturated carbocycles. The Kier molecular flexibility index (Phi) is 3.93. The van der Waals surface area contributed by atoms with Crippen molar-refractivity contribution < 1.29 is 9.47 Å². The minimum atomic E-state index is 0.645. The number of halogens is 1. The van der Waals surface area contributed by atoms with Crippen LogP contribution in [0.3, 0.4) is 0 Å². The standard InChI is InChI=1S/C17H14ClNO2/c1-2-20-12-6-8-13(9-7-12)21-16-5-3-4-14-15(18)10-11-19-17(14)16/h3-11H,2H2,1H3. The van der Waals surface area contributed by atoms with Gasteiger partial charge in [0.2, 0.25) is 0 Å². The van der Waals surface area contributed by atoms with Gasteiger partial charge in [0.1, 0.15) is 17.0 Å². The van der Waals surface area contributed by atoms with Gasteiger partial charge in [-0.25, -0.2) is 0 Å². The Morgan fingerprint density at radius 3 is 2.52 bits per heavy atom. The van der Waals surface area contributed by atoms with E-state index in [4.69, 9.17) is 21.1 Å². The summed E-state index contributed by atoms with van der Waals surface area (Å²) in [5.41, 5.74) is 0.749. The van der Waals surface area contributed by atoms with E-state index in [1.54, 1.807) is 12.3 Å². The number of nitrogens with zero attached hydrogens (tertiary/aromatic N) is 1. The molecule has 0 unspecified atom stereocenters. The van der Waals surface area contributed by atoms with Crippen molar-refractivity contribution in [3.05, 3.63) is 59.8 Å². The molecule has 3 rings (SSSR count). The average molecular weight is 300 g/mol. The Morgan fingerprint density at radius 1 is 1.00 bits per heavy atom. The first kappa shape index (κ1) is 13.7. The van der Waals surface area contributed by atoms with E-state index in [1.165, 1.54) is 0 Å². The number of benzene rings is 2. The number of ether oxygens (including phenoxy) is 2. The first-order valence-corrected chi connectivity index (χ1v) is 7.09. The fraction of sp³-hybridized carbons (Fsp3) is 0.118. The molecule has 0 aliphatic heterocycles. The predicted molar refractivity (Wildman–Crippen MR) is 84.4 cm³/mol. The van der Waals surface area contributed by atoms with Crippen LogP contribution < -0.4 is 9.47 Å². The molecule has 1 heterocycles. The number of hydrogen-bond donors (Lipinski definition) is 0. The van der Waals surface area contributed by atoms with Gasteiger partial charge < -0.3 is 9.47 Å². The van der Waals surface area contributed by atoms with E-state index in [0.717, 1.165) is 22.4 Å². The van der Waals surface area contributed by atoms with Gasteiger partial charge in [0, 0.05) is 11.6 Å². The Labute approximate surface area is 128 Å². The Hall–Kier alpha value is -2.26. The Balaban J connectivity index is 1.93. The second-order valence-corrected chi connectivity index (χ2v) is 4.86. The van der Waals surface area contributed by atoms with Crippen molar-refractivity contribution in [3.8, 4) is 17.2 Å². The third-order valence-electron chi connectivity index (χ3n) is 3.04. The molecule has 2 aromatic carbocycles. The molecule has 0 fully saturated rings. The lowest BCUT2D eigenvalue weighted by Crippen LogP contribution is -1.91. The van der Waals surface area contributed by atoms with E-state index in [2.05, 4.69) is 4.98 Å². The predicted octanol–water partition coefficient (Wildman–Crippen LogP) is 5.08. The highest BCUT2D eigenvalue weighted by atomic mass is 35.5. The average Bonchev–Trinajstić information content (AvgIpc) is 2.51. The molecule has 0 spiro atoms. The quantitative estimate of drug-likeness (QED) is 0.673. The first-order chi connectivity index (χ1) is 10.3. The zero-order valence-electron chi connectivity index (χ0n) is 11.5. The second-order valence-electron chi connectivity index (χ2n) is 4.45. The van der Waals surface area contributed by atoms with Gasteiger partial charge in [0.05, 0.1) is 11.6 Å². The molecule has 1 aromatic heterocycles. The van der Waals surface area contributed by atoms with Gasteiger partial charge in [-0.15, -0.1) is 0 Å². The fourth-order valence-electron chi connectivity index (χ4n) is 2.10. The summed E-state index contributed by atoms with van der Waals surface area (Å²) in [6, 6.07) is 15.0. The van der Waals surface area contributed by atoms with E-state index in [0.29, 0.717) is 17.4 Å². The molecule has 0 N–H and O–H groups in total. The molecule has 0 saturated heterocycles. The van der Waals surface area contributed by atoms with Crippen molar-refractivity contribution in [3.63, 3.8) is 0 Å². The van der Waals surface area contributed by atoms with Gasteiger partial charge in [-0.2, -0.15) is 0 Å². The first-order valence-electron chi connectivity index (χ1n) is 6.72. The topological polar surface area (TPSA) is 31.4 Å². The molecule has 21 heavy (non-hydrogen) atoms. The van der Waals surface area contributed by atoms with Gasteiger partial charge in [-0.05, 0) is 43.3 Å². The summed E-state index contributed by atoms with van der Waals surface area (Å²) in [4.78, 5) is 4.35. The van der Waals surface area contributed by atoms with E-state index >= 15 is 0 Å². The van der Waals surface area contributed by atoms with Gasteiger partial charge in [0.25, 0.3) is 0 Å². The second kappa shape index (κ2) is 6.02. The maximum Gasteiger partial charge on any atom is 0.153 e. The summed E-state index contributed by atoms with van der Waals surface area (Å²) in [7, 11) is 0. The number of pyridine rings is 1. The SMILES string of the molecule is CCOc1ccc(Oc2cccc3c(Cl)ccnc23)cc1. The summed E-state index contributed by atoms with van der Waals surface area (Å²) < 4.78 is 11.3. The molecule has 0 amide bonds. The number of fused-ring (bicyclic) bond motifs is 1. The maximum atomic E-state index is 6.18. The van der Waals surface area contributed by atoms with Crippen LogP contribution in [0.5, 0.6) is 17.2 Å². The van der Waals surface area contributed by atoms with Crippen LogP contribution in [0.15, 0.2) is 54.7 Å². The number of rotatable bonds is 4. The Bertz CT molecular complexity index is 756. The highest BCUT2D eigenvalue weighted by Gasteiger charge is 2.07. The lowest BCUT2D eigenvalue weighted by atomic mass is 10.2. The molecule has 0 atom stereocenters. The van der Waals surface area contributed by atoms with Gasteiger partial charge >= 0.3 is 0 Å². The molecule has 3 aromatic rings. The van der Waals surface area contributed by atoms with Crippen molar-refractivity contribution in [1.29, 1.82) is 0 Å². The monoisotopic (exact) mass is 299 g/mol. The molecular formula is C17H14ClNO2. The summed E-state index contributed by atoms with van der Waals surface area (Å²) >= 11 is 6.18. The number of para-hydroxylation sites is 1. The molecule has 106 valence electrons. The largest absolute Gasteiger partial charge is 0.494 e. The van der Waals surface area contributed by atoms with Crippen LogP contribution >= 0.6 is 11.6 Å². The zero-order valence-corrected chi connectivity index (χ0v) is 12.3. The molecular weight excluding hydrogens is 286 g/mol. The minimum absolute atomic E-state index is 0.645. The van der Waals surface area contributed by atoms with Crippen LogP contribution in [0.25, 0.3) is 10.9 Å². The summed E-state index contributed by atoms with van der Waals surface area (Å²) in [6.45, 7) is 2.60. The summed E-state index contributed by atoms with van der Waals surface area (Å²) in [6.07, 6.45) is 1.68. The van der Waals surface area contributed by atoms with Gasteiger partial charge in [-0.3, -0.25) is 4.98 Å². The van der Waals surface area contributed by atoms with Gasteiger partial charge in [-0.1, -0.05) is 23.7 Å². The normalized spacial score (nSPS) is 10.6. The summed E-state index contributed by atoms with van der Waals surface area (Å²) in [5, 5.41) is 1.54. The number of hydrogen-bond acceptors (Lipinski definition) is 3. The van der Waals surface area contributed by atoms with Crippen LogP contribution in [0.4, 0.5) is 0 Å². The molecule has 0 radical (unpaired) electrons. The summed E-state index contributed by atoms with van der Waals surface area (Å²) in [5.74, 6) is 2.23. The van der Waals surface area contributed by atoms with Crippen LogP contribution in [0, 0.1) is 0 Å². The molecule has 0 aliphatic rings. The number of aromatic nitrogens is 1. The van der Waals surface area contributed by atoms with Crippen molar-refractivity contribution in [2.75, 3.05) is 6.61 Å². The highest BCUT2D eigenvalue weighted by molar-refractivity contribution is 6.35. The van der Waals surface area contributed by atoms with E-state index in [1.807, 2.05) is 49.4 Å². The minimum Gasteiger partial charge on any atom is -0.494 e. The Morgan fingerprint density at radius 2 is 1.76 bits per heavy atom. The lowest BCUT2D eigenvalue weighted by molar-refractivity contribution is 0.339. The van der Waals surface area contributed by atoms with E-state index < -0.39 is 0 Å². The van der Waals surface area contributed by atoms with Crippen LogP contribution in [-0.4, -0.2) is 11.6 Å². The van der Waals surface area contributed by atoms with Crippen LogP contribution in [-0.2, 0) is 0 Å². The molecule has 0 aliphatic carbocycles.